The average Bonchev–Trinajstić information content (AvgIpc) is 3.33. The fourth-order valence-corrected chi connectivity index (χ4v) is 3.23. The van der Waals surface area contributed by atoms with Gasteiger partial charge in [0.1, 0.15) is 6.73 Å². The third kappa shape index (κ3) is 3.49. The average molecular weight is 395 g/mol. The van der Waals surface area contributed by atoms with Gasteiger partial charge in [-0.3, -0.25) is 0 Å². The van der Waals surface area contributed by atoms with E-state index in [0.29, 0.717) is 0 Å². The molecule has 0 bridgehead atoms. The lowest BCUT2D eigenvalue weighted by Crippen LogP contribution is -2.24. The Morgan fingerprint density at radius 2 is 2.07 bits per heavy atom. The third-order valence-electron chi connectivity index (χ3n) is 4.65. The van der Waals surface area contributed by atoms with Crippen molar-refractivity contribution >= 4 is 16.7 Å². The minimum absolute atomic E-state index is 0.110. The number of aromatic amines is 1. The predicted octanol–water partition coefficient (Wildman–Crippen LogP) is 4.41. The molecule has 1 aromatic heterocycles. The SMILES string of the molecule is Fc1c(OCCC(F)F)ccc([C@H]2COCN2c2ccc3[nH]cnc3c2)c1F. The Balaban J connectivity index is 1.59. The number of nitrogens with zero attached hydrogens (tertiary/aromatic N) is 2. The van der Waals surface area contributed by atoms with Crippen molar-refractivity contribution in [2.75, 3.05) is 24.8 Å². The number of alkyl halides is 2. The molecule has 148 valence electrons. The molecule has 0 amide bonds. The maximum atomic E-state index is 14.7. The number of hydrogen-bond acceptors (Lipinski definition) is 4. The number of rotatable bonds is 6. The molecule has 1 atom stereocenters. The number of halogens is 4. The predicted molar refractivity (Wildman–Crippen MR) is 94.6 cm³/mol. The number of hydrogen-bond donors (Lipinski definition) is 1. The number of benzene rings is 2. The molecule has 2 heterocycles. The molecule has 4 rings (SSSR count). The standard InChI is InChI=1S/C19H17F4N3O2/c20-17(21)5-6-28-16-4-2-12(18(22)19(16)23)15-8-27-10-26(15)11-1-3-13-14(7-11)25-9-24-13/h1-4,7,9,15,17H,5-6,8,10H2,(H,24,25)/t15-/m1/s1. The smallest absolute Gasteiger partial charge is 0.241 e. The normalized spacial score (nSPS) is 17.0. The number of anilines is 1. The van der Waals surface area contributed by atoms with E-state index in [-0.39, 0.29) is 24.7 Å². The summed E-state index contributed by atoms with van der Waals surface area (Å²) < 4.78 is 63.9. The van der Waals surface area contributed by atoms with Crippen molar-refractivity contribution in [1.82, 2.24) is 9.97 Å². The lowest BCUT2D eigenvalue weighted by atomic mass is 10.0. The van der Waals surface area contributed by atoms with Crippen molar-refractivity contribution in [2.45, 2.75) is 18.9 Å². The molecule has 0 spiro atoms. The summed E-state index contributed by atoms with van der Waals surface area (Å²) in [6.07, 6.45) is -1.54. The zero-order valence-corrected chi connectivity index (χ0v) is 14.7. The highest BCUT2D eigenvalue weighted by Gasteiger charge is 2.31. The van der Waals surface area contributed by atoms with E-state index in [1.807, 2.05) is 23.1 Å². The van der Waals surface area contributed by atoms with Crippen LogP contribution >= 0.6 is 0 Å². The summed E-state index contributed by atoms with van der Waals surface area (Å²) in [6, 6.07) is 7.65. The summed E-state index contributed by atoms with van der Waals surface area (Å²) in [5.41, 5.74) is 2.48. The summed E-state index contributed by atoms with van der Waals surface area (Å²) >= 11 is 0. The molecule has 3 aromatic rings. The van der Waals surface area contributed by atoms with Gasteiger partial charge in [-0.2, -0.15) is 4.39 Å². The Bertz CT molecular complexity index is 979. The van der Waals surface area contributed by atoms with Gasteiger partial charge in [-0.05, 0) is 24.3 Å². The summed E-state index contributed by atoms with van der Waals surface area (Å²) in [5, 5.41) is 0. The van der Waals surface area contributed by atoms with Crippen LogP contribution in [0.25, 0.3) is 11.0 Å². The summed E-state index contributed by atoms with van der Waals surface area (Å²) in [6.45, 7) is 0.00452. The molecule has 1 fully saturated rings. The molecular formula is C19H17F4N3O2. The molecule has 5 nitrogen and oxygen atoms in total. The van der Waals surface area contributed by atoms with Crippen molar-refractivity contribution in [3.8, 4) is 5.75 Å². The molecule has 1 aliphatic heterocycles. The molecule has 0 unspecified atom stereocenters. The van der Waals surface area contributed by atoms with Crippen LogP contribution in [0, 0.1) is 11.6 Å². The summed E-state index contributed by atoms with van der Waals surface area (Å²) in [4.78, 5) is 9.01. The maximum Gasteiger partial charge on any atom is 0.241 e. The fourth-order valence-electron chi connectivity index (χ4n) is 3.23. The van der Waals surface area contributed by atoms with Crippen LogP contribution < -0.4 is 9.64 Å². The molecule has 0 aliphatic carbocycles. The summed E-state index contributed by atoms with van der Waals surface area (Å²) in [7, 11) is 0. The van der Waals surface area contributed by atoms with E-state index in [9.17, 15) is 17.6 Å². The van der Waals surface area contributed by atoms with E-state index in [1.165, 1.54) is 12.1 Å². The van der Waals surface area contributed by atoms with Gasteiger partial charge < -0.3 is 19.4 Å². The molecule has 2 aromatic carbocycles. The number of aromatic nitrogens is 2. The van der Waals surface area contributed by atoms with Crippen molar-refractivity contribution in [2.24, 2.45) is 0 Å². The number of nitrogens with one attached hydrogen (secondary N) is 1. The van der Waals surface area contributed by atoms with Crippen LogP contribution in [0.5, 0.6) is 5.75 Å². The van der Waals surface area contributed by atoms with E-state index in [2.05, 4.69) is 9.97 Å². The zero-order valence-electron chi connectivity index (χ0n) is 14.7. The van der Waals surface area contributed by atoms with Gasteiger partial charge in [0.2, 0.25) is 12.2 Å². The van der Waals surface area contributed by atoms with Gasteiger partial charge >= 0.3 is 0 Å². The van der Waals surface area contributed by atoms with Crippen LogP contribution in [0.4, 0.5) is 23.2 Å². The van der Waals surface area contributed by atoms with Gasteiger partial charge in [-0.25, -0.2) is 18.2 Å². The fraction of sp³-hybridized carbons (Fsp3) is 0.316. The Hall–Kier alpha value is -2.81. The highest BCUT2D eigenvalue weighted by molar-refractivity contribution is 5.79. The van der Waals surface area contributed by atoms with Gasteiger partial charge in [0, 0.05) is 17.7 Å². The highest BCUT2D eigenvalue weighted by atomic mass is 19.3. The molecule has 1 saturated heterocycles. The van der Waals surface area contributed by atoms with Gasteiger partial charge in [0.05, 0.1) is 36.6 Å². The van der Waals surface area contributed by atoms with Gasteiger partial charge in [0.15, 0.2) is 11.6 Å². The van der Waals surface area contributed by atoms with Crippen LogP contribution in [0.2, 0.25) is 0 Å². The Morgan fingerprint density at radius 1 is 1.21 bits per heavy atom. The molecular weight excluding hydrogens is 378 g/mol. The monoisotopic (exact) mass is 395 g/mol. The van der Waals surface area contributed by atoms with Gasteiger partial charge in [-0.15, -0.1) is 0 Å². The first-order valence-electron chi connectivity index (χ1n) is 8.71. The van der Waals surface area contributed by atoms with E-state index in [0.717, 1.165) is 16.7 Å². The quantitative estimate of drug-likeness (QED) is 0.628. The second-order valence-electron chi connectivity index (χ2n) is 6.40. The van der Waals surface area contributed by atoms with Gasteiger partial charge in [0.25, 0.3) is 0 Å². The van der Waals surface area contributed by atoms with Crippen molar-refractivity contribution in [3.05, 3.63) is 53.9 Å². The first kappa shape index (κ1) is 18.5. The van der Waals surface area contributed by atoms with Gasteiger partial charge in [-0.1, -0.05) is 6.07 Å². The van der Waals surface area contributed by atoms with E-state index < -0.39 is 37.1 Å². The second kappa shape index (κ2) is 7.67. The van der Waals surface area contributed by atoms with E-state index >= 15 is 0 Å². The maximum absolute atomic E-state index is 14.7. The van der Waals surface area contributed by atoms with Crippen LogP contribution in [0.1, 0.15) is 18.0 Å². The number of imidazole rings is 1. The topological polar surface area (TPSA) is 50.4 Å². The lowest BCUT2D eigenvalue weighted by Gasteiger charge is -2.25. The molecule has 1 N–H and O–H groups in total. The van der Waals surface area contributed by atoms with E-state index in [4.69, 9.17) is 9.47 Å². The van der Waals surface area contributed by atoms with Crippen molar-refractivity contribution < 1.29 is 27.0 Å². The number of H-pyrrole nitrogens is 1. The lowest BCUT2D eigenvalue weighted by molar-refractivity contribution is 0.112. The second-order valence-corrected chi connectivity index (χ2v) is 6.40. The Labute approximate surface area is 157 Å². The summed E-state index contributed by atoms with van der Waals surface area (Å²) in [5.74, 6) is -2.65. The largest absolute Gasteiger partial charge is 0.490 e. The third-order valence-corrected chi connectivity index (χ3v) is 4.65. The van der Waals surface area contributed by atoms with Crippen molar-refractivity contribution in [1.29, 1.82) is 0 Å². The van der Waals surface area contributed by atoms with Crippen LogP contribution in [0.15, 0.2) is 36.7 Å². The van der Waals surface area contributed by atoms with Crippen molar-refractivity contribution in [3.63, 3.8) is 0 Å². The minimum Gasteiger partial charge on any atom is -0.490 e. The number of ether oxygens (including phenoxy) is 2. The molecule has 1 aliphatic rings. The molecule has 9 heteroatoms. The zero-order chi connectivity index (χ0) is 19.7. The molecule has 28 heavy (non-hydrogen) atoms. The first-order chi connectivity index (χ1) is 13.5. The van der Waals surface area contributed by atoms with Crippen LogP contribution in [0.3, 0.4) is 0 Å². The Kier molecular flexibility index (Phi) is 5.08. The minimum atomic E-state index is -2.57. The van der Waals surface area contributed by atoms with Crippen LogP contribution in [-0.2, 0) is 4.74 Å². The highest BCUT2D eigenvalue weighted by Crippen LogP contribution is 2.36. The molecule has 0 radical (unpaired) electrons. The first-order valence-corrected chi connectivity index (χ1v) is 8.71. The number of fused-ring (bicyclic) bond motifs is 1. The van der Waals surface area contributed by atoms with Crippen LogP contribution in [-0.4, -0.2) is 36.3 Å². The Morgan fingerprint density at radius 3 is 2.89 bits per heavy atom. The molecule has 0 saturated carbocycles. The van der Waals surface area contributed by atoms with E-state index in [1.54, 1.807) is 6.33 Å².